The summed E-state index contributed by atoms with van der Waals surface area (Å²) in [5.41, 5.74) is 0.884. The first-order valence-electron chi connectivity index (χ1n) is 4.30. The average molecular weight is 174 g/mol. The molecule has 0 radical (unpaired) electrons. The van der Waals surface area contributed by atoms with Crippen molar-refractivity contribution in [3.8, 4) is 12.1 Å². The van der Waals surface area contributed by atoms with Crippen molar-refractivity contribution < 1.29 is 4.79 Å². The molecule has 0 aromatic carbocycles. The SMILES string of the molecule is CCC1C(=O)CCC1=C(C#N)C#N. The molecule has 0 aromatic heterocycles. The van der Waals surface area contributed by atoms with Crippen molar-refractivity contribution in [2.75, 3.05) is 0 Å². The highest BCUT2D eigenvalue weighted by atomic mass is 16.1. The fraction of sp³-hybridized carbons (Fsp3) is 0.500. The van der Waals surface area contributed by atoms with Crippen molar-refractivity contribution in [2.45, 2.75) is 26.2 Å². The lowest BCUT2D eigenvalue weighted by atomic mass is 9.95. The van der Waals surface area contributed by atoms with Crippen molar-refractivity contribution in [3.63, 3.8) is 0 Å². The Labute approximate surface area is 77.3 Å². The minimum Gasteiger partial charge on any atom is -0.299 e. The van der Waals surface area contributed by atoms with E-state index in [1.54, 1.807) is 0 Å². The molecule has 3 heteroatoms. The van der Waals surface area contributed by atoms with E-state index < -0.39 is 0 Å². The number of Topliss-reactive ketones (excluding diaryl/α,β-unsaturated/α-hetero) is 1. The lowest BCUT2D eigenvalue weighted by molar-refractivity contribution is -0.120. The molecule has 1 unspecified atom stereocenters. The highest BCUT2D eigenvalue weighted by Crippen LogP contribution is 2.32. The van der Waals surface area contributed by atoms with E-state index in [4.69, 9.17) is 10.5 Å². The van der Waals surface area contributed by atoms with Crippen LogP contribution < -0.4 is 0 Å². The van der Waals surface area contributed by atoms with Gasteiger partial charge in [0.05, 0.1) is 0 Å². The van der Waals surface area contributed by atoms with Crippen LogP contribution in [0.25, 0.3) is 0 Å². The van der Waals surface area contributed by atoms with Crippen molar-refractivity contribution in [3.05, 3.63) is 11.1 Å². The van der Waals surface area contributed by atoms with Gasteiger partial charge in [-0.05, 0) is 18.4 Å². The molecule has 0 amide bonds. The Kier molecular flexibility index (Phi) is 2.82. The number of ketones is 1. The largest absolute Gasteiger partial charge is 0.299 e. The summed E-state index contributed by atoms with van der Waals surface area (Å²) < 4.78 is 0. The van der Waals surface area contributed by atoms with Crippen molar-refractivity contribution in [1.82, 2.24) is 0 Å². The van der Waals surface area contributed by atoms with Gasteiger partial charge in [0.2, 0.25) is 0 Å². The number of carbonyl (C=O) groups is 1. The second-order valence-electron chi connectivity index (χ2n) is 3.05. The van der Waals surface area contributed by atoms with Crippen LogP contribution in [0.2, 0.25) is 0 Å². The van der Waals surface area contributed by atoms with Crippen LogP contribution in [-0.4, -0.2) is 5.78 Å². The highest BCUT2D eigenvalue weighted by molar-refractivity contribution is 5.87. The van der Waals surface area contributed by atoms with Gasteiger partial charge in [0.1, 0.15) is 23.5 Å². The second kappa shape index (κ2) is 3.87. The van der Waals surface area contributed by atoms with Crippen LogP contribution in [-0.2, 0) is 4.79 Å². The van der Waals surface area contributed by atoms with Gasteiger partial charge >= 0.3 is 0 Å². The molecule has 0 saturated heterocycles. The predicted molar refractivity (Wildman–Crippen MR) is 46.3 cm³/mol. The maximum absolute atomic E-state index is 11.3. The zero-order valence-corrected chi connectivity index (χ0v) is 7.50. The van der Waals surface area contributed by atoms with E-state index in [2.05, 4.69) is 0 Å². The van der Waals surface area contributed by atoms with Crippen LogP contribution in [0.4, 0.5) is 0 Å². The fourth-order valence-corrected chi connectivity index (χ4v) is 1.74. The molecule has 0 heterocycles. The third-order valence-electron chi connectivity index (χ3n) is 2.40. The summed E-state index contributed by atoms with van der Waals surface area (Å²) in [5, 5.41) is 17.3. The standard InChI is InChI=1S/C10H10N2O/c1-2-8-9(3-4-10(8)13)7(5-11)6-12/h8H,2-4H2,1H3. The first-order valence-corrected chi connectivity index (χ1v) is 4.30. The number of allylic oxidation sites excluding steroid dienone is 2. The molecule has 1 fully saturated rings. The lowest BCUT2D eigenvalue weighted by Crippen LogP contribution is -2.07. The second-order valence-corrected chi connectivity index (χ2v) is 3.05. The van der Waals surface area contributed by atoms with Crippen LogP contribution in [0.1, 0.15) is 26.2 Å². The summed E-state index contributed by atoms with van der Waals surface area (Å²) in [6.45, 7) is 1.90. The van der Waals surface area contributed by atoms with E-state index in [-0.39, 0.29) is 17.3 Å². The Balaban J connectivity index is 3.08. The quantitative estimate of drug-likeness (QED) is 0.568. The summed E-state index contributed by atoms with van der Waals surface area (Å²) in [5.74, 6) is -0.00481. The molecule has 0 spiro atoms. The van der Waals surface area contributed by atoms with Crippen LogP contribution in [0, 0.1) is 28.6 Å². The predicted octanol–water partition coefficient (Wildman–Crippen LogP) is 1.72. The topological polar surface area (TPSA) is 64.7 Å². The molecule has 1 aliphatic rings. The molecular formula is C10H10N2O. The van der Waals surface area contributed by atoms with E-state index in [0.29, 0.717) is 19.3 Å². The first kappa shape index (κ1) is 9.48. The first-order chi connectivity index (χ1) is 6.24. The number of nitrogens with zero attached hydrogens (tertiary/aromatic N) is 2. The van der Waals surface area contributed by atoms with Crippen LogP contribution in [0.5, 0.6) is 0 Å². The molecule has 0 aromatic rings. The third-order valence-corrected chi connectivity index (χ3v) is 2.40. The fourth-order valence-electron chi connectivity index (χ4n) is 1.74. The maximum atomic E-state index is 11.3. The zero-order chi connectivity index (χ0) is 9.84. The van der Waals surface area contributed by atoms with E-state index in [1.807, 2.05) is 19.1 Å². The molecule has 66 valence electrons. The molecule has 13 heavy (non-hydrogen) atoms. The van der Waals surface area contributed by atoms with Crippen LogP contribution >= 0.6 is 0 Å². The Morgan fingerprint density at radius 2 is 2.08 bits per heavy atom. The summed E-state index contributed by atoms with van der Waals surface area (Å²) in [6.07, 6.45) is 1.77. The van der Waals surface area contributed by atoms with E-state index in [9.17, 15) is 4.79 Å². The van der Waals surface area contributed by atoms with E-state index >= 15 is 0 Å². The Morgan fingerprint density at radius 3 is 2.54 bits per heavy atom. The van der Waals surface area contributed by atoms with E-state index in [0.717, 1.165) is 5.57 Å². The number of nitriles is 2. The minimum atomic E-state index is -0.172. The van der Waals surface area contributed by atoms with Gasteiger partial charge in [0.15, 0.2) is 0 Å². The Hall–Kier alpha value is -1.61. The molecular weight excluding hydrogens is 164 g/mol. The van der Waals surface area contributed by atoms with Gasteiger partial charge in [-0.15, -0.1) is 0 Å². The minimum absolute atomic E-state index is 0.137. The highest BCUT2D eigenvalue weighted by Gasteiger charge is 2.30. The van der Waals surface area contributed by atoms with Crippen LogP contribution in [0.3, 0.4) is 0 Å². The van der Waals surface area contributed by atoms with Gasteiger partial charge in [-0.25, -0.2) is 0 Å². The molecule has 0 N–H and O–H groups in total. The van der Waals surface area contributed by atoms with Crippen molar-refractivity contribution in [2.24, 2.45) is 5.92 Å². The normalized spacial score (nSPS) is 21.0. The van der Waals surface area contributed by atoms with Gasteiger partial charge in [0.25, 0.3) is 0 Å². The molecule has 1 saturated carbocycles. The summed E-state index contributed by atoms with van der Waals surface area (Å²) in [6, 6.07) is 3.69. The number of rotatable bonds is 1. The maximum Gasteiger partial charge on any atom is 0.140 e. The molecule has 3 nitrogen and oxygen atoms in total. The number of carbonyl (C=O) groups excluding carboxylic acids is 1. The van der Waals surface area contributed by atoms with Crippen molar-refractivity contribution >= 4 is 5.78 Å². The molecule has 1 rings (SSSR count). The smallest absolute Gasteiger partial charge is 0.140 e. The monoisotopic (exact) mass is 174 g/mol. The van der Waals surface area contributed by atoms with E-state index in [1.165, 1.54) is 0 Å². The Bertz CT molecular complexity index is 325. The lowest BCUT2D eigenvalue weighted by Gasteiger charge is -2.05. The van der Waals surface area contributed by atoms with Gasteiger partial charge < -0.3 is 0 Å². The molecule has 1 aliphatic carbocycles. The summed E-state index contributed by atoms with van der Waals surface area (Å²) in [7, 11) is 0. The summed E-state index contributed by atoms with van der Waals surface area (Å²) in [4.78, 5) is 11.3. The van der Waals surface area contributed by atoms with Gasteiger partial charge in [0, 0.05) is 12.3 Å². The molecule has 0 aliphatic heterocycles. The Morgan fingerprint density at radius 1 is 1.46 bits per heavy atom. The average Bonchev–Trinajstić information content (AvgIpc) is 2.50. The van der Waals surface area contributed by atoms with Gasteiger partial charge in [-0.1, -0.05) is 6.92 Å². The van der Waals surface area contributed by atoms with Crippen LogP contribution in [0.15, 0.2) is 11.1 Å². The number of hydrogen-bond acceptors (Lipinski definition) is 3. The molecule has 1 atom stereocenters. The summed E-state index contributed by atoms with van der Waals surface area (Å²) >= 11 is 0. The van der Waals surface area contributed by atoms with Gasteiger partial charge in [-0.2, -0.15) is 10.5 Å². The van der Waals surface area contributed by atoms with Gasteiger partial charge in [-0.3, -0.25) is 4.79 Å². The molecule has 0 bridgehead atoms. The zero-order valence-electron chi connectivity index (χ0n) is 7.50. The number of hydrogen-bond donors (Lipinski definition) is 0. The van der Waals surface area contributed by atoms with Crippen molar-refractivity contribution in [1.29, 1.82) is 10.5 Å². The third kappa shape index (κ3) is 1.60.